The second kappa shape index (κ2) is 9.23. The maximum Gasteiger partial charge on any atom is 1.00 e. The number of rotatable bonds is 1. The van der Waals surface area contributed by atoms with E-state index in [4.69, 9.17) is 0 Å². The van der Waals surface area contributed by atoms with Crippen LogP contribution in [0.3, 0.4) is 0 Å². The summed E-state index contributed by atoms with van der Waals surface area (Å²) >= 11 is 9.28. The predicted molar refractivity (Wildman–Crippen MR) is 56.1 cm³/mol. The summed E-state index contributed by atoms with van der Waals surface area (Å²) in [7, 11) is -4.70. The van der Waals surface area contributed by atoms with Crippen molar-refractivity contribution in [3.8, 4) is 0 Å². The second-order valence-electron chi connectivity index (χ2n) is 2.22. The van der Waals surface area contributed by atoms with E-state index in [0.29, 0.717) is 8.95 Å². The molecule has 0 aliphatic heterocycles. The molecule has 0 N–H and O–H groups in total. The van der Waals surface area contributed by atoms with Gasteiger partial charge in [0.05, 0.1) is 9.78 Å². The van der Waals surface area contributed by atoms with Gasteiger partial charge in [-0.15, -0.1) is 7.94 Å². The molecule has 1 aromatic rings. The molecule has 0 saturated heterocycles. The molecule has 0 atom stereocenters. The first kappa shape index (κ1) is 21.5. The topological polar surface area (TPSA) is 69.2 Å². The van der Waals surface area contributed by atoms with Crippen molar-refractivity contribution in [1.82, 2.24) is 0 Å². The standard InChI is InChI=1S/C6H4Br3O3P.2K/c7-3-1-5(9)6(2-4(3)8)13(10,11)12;;/h1-2H,(H2,10,11,12);;/q;2*+1/p-2. The van der Waals surface area contributed by atoms with Crippen LogP contribution < -0.4 is 123 Å². The van der Waals surface area contributed by atoms with E-state index in [1.807, 2.05) is 0 Å². The molecule has 0 aromatic heterocycles. The molecule has 1 rings (SSSR count). The van der Waals surface area contributed by atoms with Gasteiger partial charge in [0.25, 0.3) is 0 Å². The molecule has 0 amide bonds. The van der Waals surface area contributed by atoms with Gasteiger partial charge >= 0.3 is 103 Å². The van der Waals surface area contributed by atoms with Crippen molar-refractivity contribution in [3.05, 3.63) is 25.6 Å². The normalized spacial score (nSPS) is 10.3. The first-order valence-corrected chi connectivity index (χ1v) is 6.91. The minimum atomic E-state index is -4.70. The Kier molecular flexibility index (Phi) is 13.3. The molecule has 72 valence electrons. The molecule has 9 heteroatoms. The van der Waals surface area contributed by atoms with E-state index in [1.165, 1.54) is 12.1 Å². The van der Waals surface area contributed by atoms with Gasteiger partial charge in [-0.2, -0.15) is 0 Å². The van der Waals surface area contributed by atoms with Crippen LogP contribution in [-0.4, -0.2) is 0 Å². The van der Waals surface area contributed by atoms with Gasteiger partial charge < -0.3 is 14.7 Å². The third-order valence-electron chi connectivity index (χ3n) is 1.28. The van der Waals surface area contributed by atoms with Gasteiger partial charge in [-0.3, -0.25) is 0 Å². The van der Waals surface area contributed by atoms with Gasteiger partial charge in [0.2, 0.25) is 0 Å². The van der Waals surface area contributed by atoms with Gasteiger partial charge in [-0.05, 0) is 59.9 Å². The van der Waals surface area contributed by atoms with Gasteiger partial charge in [0.15, 0.2) is 0 Å². The third-order valence-corrected chi connectivity index (χ3v) is 5.05. The maximum absolute atomic E-state index is 10.7. The number of halogens is 3. The van der Waals surface area contributed by atoms with Crippen molar-refractivity contribution in [2.45, 2.75) is 0 Å². The molecule has 3 nitrogen and oxygen atoms in total. The van der Waals surface area contributed by atoms with Crippen LogP contribution in [0.1, 0.15) is 0 Å². The van der Waals surface area contributed by atoms with Crippen LogP contribution in [0.5, 0.6) is 0 Å². The molecule has 0 bridgehead atoms. The van der Waals surface area contributed by atoms with E-state index in [1.54, 1.807) is 0 Å². The van der Waals surface area contributed by atoms with Gasteiger partial charge in [-0.25, -0.2) is 0 Å². The van der Waals surface area contributed by atoms with E-state index in [-0.39, 0.29) is 113 Å². The Morgan fingerprint density at radius 3 is 1.60 bits per heavy atom. The van der Waals surface area contributed by atoms with Crippen LogP contribution in [0.15, 0.2) is 25.6 Å². The van der Waals surface area contributed by atoms with Crippen molar-refractivity contribution >= 4 is 61.0 Å². The zero-order chi connectivity index (χ0) is 10.2. The monoisotopic (exact) mass is 468 g/mol. The molecule has 0 heterocycles. The maximum atomic E-state index is 10.7. The van der Waals surface area contributed by atoms with Crippen molar-refractivity contribution in [2.24, 2.45) is 0 Å². The fourth-order valence-corrected chi connectivity index (χ4v) is 3.50. The second-order valence-corrected chi connectivity index (χ2v) is 6.25. The summed E-state index contributed by atoms with van der Waals surface area (Å²) in [5.74, 6) is 0. The van der Waals surface area contributed by atoms with Gasteiger partial charge in [0, 0.05) is 8.95 Å². The fraction of sp³-hybridized carbons (Fsp3) is 0. The van der Waals surface area contributed by atoms with E-state index < -0.39 is 7.94 Å². The minimum absolute atomic E-state index is 0. The average Bonchev–Trinajstić information content (AvgIpc) is 1.94. The summed E-state index contributed by atoms with van der Waals surface area (Å²) in [4.78, 5) is 32.2. The summed E-state index contributed by atoms with van der Waals surface area (Å²) in [5, 5.41) is -0.248. The van der Waals surface area contributed by atoms with Gasteiger partial charge in [0.1, 0.15) is 0 Å². The third kappa shape index (κ3) is 6.99. The van der Waals surface area contributed by atoms with E-state index in [2.05, 4.69) is 47.8 Å². The van der Waals surface area contributed by atoms with E-state index in [9.17, 15) is 14.7 Å². The summed E-state index contributed by atoms with van der Waals surface area (Å²) in [5.41, 5.74) is 0. The molecular weight excluding hydrogens is 469 g/mol. The Balaban J connectivity index is 0. The van der Waals surface area contributed by atoms with Crippen molar-refractivity contribution in [2.75, 3.05) is 0 Å². The molecule has 15 heavy (non-hydrogen) atoms. The molecule has 0 fully saturated rings. The van der Waals surface area contributed by atoms with Crippen LogP contribution in [0.25, 0.3) is 0 Å². The van der Waals surface area contributed by atoms with Crippen LogP contribution in [0.4, 0.5) is 0 Å². The molecular formula is C6H2Br3K2O3P. The van der Waals surface area contributed by atoms with Crippen molar-refractivity contribution in [1.29, 1.82) is 0 Å². The Morgan fingerprint density at radius 2 is 1.20 bits per heavy atom. The number of hydrogen-bond acceptors (Lipinski definition) is 3. The van der Waals surface area contributed by atoms with E-state index >= 15 is 0 Å². The Bertz CT molecular complexity index is 345. The molecule has 0 spiro atoms. The molecule has 0 aliphatic rings. The number of hydrogen-bond donors (Lipinski definition) is 0. The van der Waals surface area contributed by atoms with Crippen LogP contribution in [0, 0.1) is 0 Å². The fourth-order valence-electron chi connectivity index (χ4n) is 0.722. The number of benzene rings is 1. The largest absolute Gasteiger partial charge is 1.00 e. The molecule has 0 saturated carbocycles. The first-order chi connectivity index (χ1) is 5.82. The van der Waals surface area contributed by atoms with E-state index in [0.717, 1.165) is 0 Å². The van der Waals surface area contributed by atoms with Crippen molar-refractivity contribution in [3.63, 3.8) is 0 Å². The predicted octanol–water partition coefficient (Wildman–Crippen LogP) is -5.55. The summed E-state index contributed by atoms with van der Waals surface area (Å²) in [6, 6.07) is 2.76. The molecule has 0 unspecified atom stereocenters. The molecule has 0 aliphatic carbocycles. The Labute approximate surface area is 199 Å². The first-order valence-electron chi connectivity index (χ1n) is 2.99. The van der Waals surface area contributed by atoms with Crippen LogP contribution >= 0.6 is 55.7 Å². The Morgan fingerprint density at radius 1 is 0.800 bits per heavy atom. The smallest absolute Gasteiger partial charge is 0.683 e. The summed E-state index contributed by atoms with van der Waals surface area (Å²) in [6.45, 7) is 0. The summed E-state index contributed by atoms with van der Waals surface area (Å²) < 4.78 is 1.46. The SMILES string of the molecule is [K+].[K+].[O-][P+]([O-])([O-])c1cc(Br)c(Br)cc1Br. The Hall–Kier alpha value is 4.24. The zero-order valence-corrected chi connectivity index (χ0v) is 19.9. The van der Waals surface area contributed by atoms with Crippen molar-refractivity contribution < 1.29 is 117 Å². The zero-order valence-electron chi connectivity index (χ0n) is 7.96. The van der Waals surface area contributed by atoms with Gasteiger partial charge in [-0.1, -0.05) is 0 Å². The summed E-state index contributed by atoms with van der Waals surface area (Å²) in [6.07, 6.45) is 0. The minimum Gasteiger partial charge on any atom is -0.683 e. The van der Waals surface area contributed by atoms with Crippen LogP contribution in [-0.2, 0) is 0 Å². The molecule has 0 radical (unpaired) electrons. The molecule has 1 aromatic carbocycles. The quantitative estimate of drug-likeness (QED) is 0.233. The van der Waals surface area contributed by atoms with Crippen LogP contribution in [0.2, 0.25) is 0 Å². The average molecular weight is 471 g/mol.